The number of aliphatic hydroxyl groups excluding tert-OH is 1. The molecular weight excluding hydrogens is 312 g/mol. The van der Waals surface area contributed by atoms with Crippen LogP contribution in [-0.4, -0.2) is 39.6 Å². The summed E-state index contributed by atoms with van der Waals surface area (Å²) < 4.78 is 5.09. The Morgan fingerprint density at radius 2 is 1.88 bits per heavy atom. The monoisotopic (exact) mass is 334 g/mol. The zero-order valence-corrected chi connectivity index (χ0v) is 14.2. The number of ether oxygens (including phenoxy) is 1. The van der Waals surface area contributed by atoms with Crippen molar-refractivity contribution >= 4 is 11.6 Å². The lowest BCUT2D eigenvalue weighted by Gasteiger charge is -2.42. The Morgan fingerprint density at radius 3 is 2.38 bits per heavy atom. The van der Waals surface area contributed by atoms with Gasteiger partial charge in [0.15, 0.2) is 17.3 Å². The number of phenolic OH excluding ortho intramolecular Hbond substituents is 1. The van der Waals surface area contributed by atoms with Crippen LogP contribution < -0.4 is 4.74 Å². The molecule has 0 aromatic heterocycles. The highest BCUT2D eigenvalue weighted by molar-refractivity contribution is 5.97. The summed E-state index contributed by atoms with van der Waals surface area (Å²) in [6, 6.07) is 4.45. The van der Waals surface area contributed by atoms with Gasteiger partial charge in [-0.2, -0.15) is 0 Å². The summed E-state index contributed by atoms with van der Waals surface area (Å²) in [7, 11) is 1.39. The summed E-state index contributed by atoms with van der Waals surface area (Å²) in [4.78, 5) is 24.3. The van der Waals surface area contributed by atoms with Crippen molar-refractivity contribution in [3.05, 3.63) is 35.1 Å². The average Bonchev–Trinajstić information content (AvgIpc) is 2.44. The predicted octanol–water partition coefficient (Wildman–Crippen LogP) is 2.25. The summed E-state index contributed by atoms with van der Waals surface area (Å²) >= 11 is 0. The minimum absolute atomic E-state index is 0.0826. The van der Waals surface area contributed by atoms with E-state index in [0.717, 1.165) is 0 Å². The van der Waals surface area contributed by atoms with Crippen LogP contribution in [0.25, 0.3) is 0 Å². The number of aromatic hydroxyl groups is 1. The molecule has 0 spiro atoms. The first-order valence-corrected chi connectivity index (χ1v) is 7.62. The Hall–Kier alpha value is -2.34. The van der Waals surface area contributed by atoms with Crippen LogP contribution in [0.1, 0.15) is 38.7 Å². The van der Waals surface area contributed by atoms with Gasteiger partial charge in [-0.25, -0.2) is 0 Å². The van der Waals surface area contributed by atoms with Crippen LogP contribution in [0.15, 0.2) is 29.5 Å². The maximum Gasteiger partial charge on any atom is 0.160 e. The largest absolute Gasteiger partial charge is 0.512 e. The molecule has 0 saturated carbocycles. The summed E-state index contributed by atoms with van der Waals surface area (Å²) in [5, 5.41) is 30.7. The standard InChI is InChI=1S/C18H22O6/c1-9(19)15-13(22)8-18(3,23)17(10(2)20)16(15)11-5-6-12(21)14(7-11)24-4/h5-7,16-17,21-23H,8H2,1-4H3/t16-,17+,18+/m1/s1. The van der Waals surface area contributed by atoms with Crippen molar-refractivity contribution in [2.24, 2.45) is 5.92 Å². The zero-order chi connectivity index (χ0) is 18.2. The molecule has 1 aliphatic rings. The fourth-order valence-electron chi connectivity index (χ4n) is 3.59. The molecule has 0 radical (unpaired) electrons. The Kier molecular flexibility index (Phi) is 4.71. The van der Waals surface area contributed by atoms with Gasteiger partial charge in [0.2, 0.25) is 0 Å². The number of hydrogen-bond donors (Lipinski definition) is 3. The average molecular weight is 334 g/mol. The van der Waals surface area contributed by atoms with Gasteiger partial charge in [-0.05, 0) is 38.5 Å². The van der Waals surface area contributed by atoms with Crippen molar-refractivity contribution in [3.63, 3.8) is 0 Å². The number of rotatable bonds is 4. The molecule has 0 heterocycles. The Bertz CT molecular complexity index is 716. The van der Waals surface area contributed by atoms with Gasteiger partial charge in [0.05, 0.1) is 18.6 Å². The van der Waals surface area contributed by atoms with E-state index in [9.17, 15) is 24.9 Å². The van der Waals surface area contributed by atoms with Gasteiger partial charge in [0, 0.05) is 17.9 Å². The van der Waals surface area contributed by atoms with Crippen molar-refractivity contribution in [1.82, 2.24) is 0 Å². The van der Waals surface area contributed by atoms with Crippen LogP contribution in [0, 0.1) is 5.92 Å². The minimum atomic E-state index is -1.50. The normalized spacial score (nSPS) is 27.0. The quantitative estimate of drug-likeness (QED) is 0.780. The summed E-state index contributed by atoms with van der Waals surface area (Å²) in [6.45, 7) is 4.13. The molecule has 24 heavy (non-hydrogen) atoms. The molecule has 1 aromatic rings. The van der Waals surface area contributed by atoms with Gasteiger partial charge in [-0.3, -0.25) is 9.59 Å². The summed E-state index contributed by atoms with van der Waals surface area (Å²) in [6.07, 6.45) is -0.169. The lowest BCUT2D eigenvalue weighted by atomic mass is 9.64. The Balaban J connectivity index is 2.73. The lowest BCUT2D eigenvalue weighted by Crippen LogP contribution is -2.47. The van der Waals surface area contributed by atoms with Gasteiger partial charge in [-0.15, -0.1) is 0 Å². The molecule has 3 N–H and O–H groups in total. The van der Waals surface area contributed by atoms with Gasteiger partial charge in [0.1, 0.15) is 11.5 Å². The topological polar surface area (TPSA) is 104 Å². The molecule has 2 rings (SSSR count). The first-order chi connectivity index (χ1) is 11.1. The molecular formula is C18H22O6. The Labute approximate surface area is 140 Å². The zero-order valence-electron chi connectivity index (χ0n) is 14.2. The van der Waals surface area contributed by atoms with Crippen LogP contribution in [0.5, 0.6) is 11.5 Å². The molecule has 1 aromatic carbocycles. The number of Topliss-reactive ketones (excluding diaryl/α,β-unsaturated/α-hetero) is 2. The van der Waals surface area contributed by atoms with Crippen LogP contribution in [-0.2, 0) is 9.59 Å². The number of carbonyl (C=O) groups excluding carboxylic acids is 2. The number of aliphatic hydroxyl groups is 2. The molecule has 0 saturated heterocycles. The highest BCUT2D eigenvalue weighted by Crippen LogP contribution is 2.48. The molecule has 0 aliphatic heterocycles. The molecule has 0 fully saturated rings. The van der Waals surface area contributed by atoms with E-state index >= 15 is 0 Å². The molecule has 6 heteroatoms. The maximum absolute atomic E-state index is 12.2. The van der Waals surface area contributed by atoms with E-state index in [1.54, 1.807) is 6.07 Å². The molecule has 1 aliphatic carbocycles. The van der Waals surface area contributed by atoms with Crippen molar-refractivity contribution in [2.75, 3.05) is 7.11 Å². The van der Waals surface area contributed by atoms with Crippen LogP contribution in [0.2, 0.25) is 0 Å². The van der Waals surface area contributed by atoms with E-state index in [4.69, 9.17) is 4.74 Å². The van der Waals surface area contributed by atoms with E-state index in [1.807, 2.05) is 0 Å². The fraction of sp³-hybridized carbons (Fsp3) is 0.444. The molecule has 0 unspecified atom stereocenters. The number of allylic oxidation sites excluding steroid dienone is 1. The van der Waals surface area contributed by atoms with Crippen molar-refractivity contribution in [2.45, 2.75) is 38.7 Å². The van der Waals surface area contributed by atoms with Gasteiger partial charge in [0.25, 0.3) is 0 Å². The van der Waals surface area contributed by atoms with E-state index in [-0.39, 0.29) is 40.8 Å². The molecule has 0 bridgehead atoms. The lowest BCUT2D eigenvalue weighted by molar-refractivity contribution is -0.132. The number of carbonyl (C=O) groups is 2. The van der Waals surface area contributed by atoms with Gasteiger partial charge < -0.3 is 20.1 Å². The van der Waals surface area contributed by atoms with Crippen LogP contribution in [0.4, 0.5) is 0 Å². The van der Waals surface area contributed by atoms with E-state index < -0.39 is 17.4 Å². The van der Waals surface area contributed by atoms with E-state index in [0.29, 0.717) is 5.56 Å². The predicted molar refractivity (Wildman–Crippen MR) is 87.1 cm³/mol. The minimum Gasteiger partial charge on any atom is -0.512 e. The molecule has 0 amide bonds. The third-order valence-electron chi connectivity index (χ3n) is 4.53. The molecule has 3 atom stereocenters. The van der Waals surface area contributed by atoms with Gasteiger partial charge in [-0.1, -0.05) is 6.07 Å². The number of phenols is 1. The van der Waals surface area contributed by atoms with Crippen LogP contribution in [0.3, 0.4) is 0 Å². The second-order valence-electron chi connectivity index (χ2n) is 6.45. The SMILES string of the molecule is COc1cc([C@@H]2C(C(C)=O)=C(O)C[C@](C)(O)[C@H]2C(C)=O)ccc1O. The second kappa shape index (κ2) is 6.28. The van der Waals surface area contributed by atoms with E-state index in [1.165, 1.54) is 40.0 Å². The van der Waals surface area contributed by atoms with E-state index in [2.05, 4.69) is 0 Å². The second-order valence-corrected chi connectivity index (χ2v) is 6.45. The number of methoxy groups -OCH3 is 1. The van der Waals surface area contributed by atoms with Crippen molar-refractivity contribution in [3.8, 4) is 11.5 Å². The van der Waals surface area contributed by atoms with Crippen molar-refractivity contribution < 1.29 is 29.6 Å². The van der Waals surface area contributed by atoms with Gasteiger partial charge >= 0.3 is 0 Å². The molecule has 130 valence electrons. The van der Waals surface area contributed by atoms with Crippen molar-refractivity contribution in [1.29, 1.82) is 0 Å². The Morgan fingerprint density at radius 1 is 1.25 bits per heavy atom. The third kappa shape index (κ3) is 3.01. The summed E-state index contributed by atoms with van der Waals surface area (Å²) in [5.74, 6) is -2.50. The highest BCUT2D eigenvalue weighted by atomic mass is 16.5. The number of benzene rings is 1. The highest BCUT2D eigenvalue weighted by Gasteiger charge is 2.49. The maximum atomic E-state index is 12.2. The first kappa shape index (κ1) is 18.0. The smallest absolute Gasteiger partial charge is 0.160 e. The fourth-order valence-corrected chi connectivity index (χ4v) is 3.59. The number of ketones is 2. The number of hydrogen-bond acceptors (Lipinski definition) is 6. The third-order valence-corrected chi connectivity index (χ3v) is 4.53. The first-order valence-electron chi connectivity index (χ1n) is 7.62. The summed E-state index contributed by atoms with van der Waals surface area (Å²) in [5.41, 5.74) is -0.888. The van der Waals surface area contributed by atoms with Crippen LogP contribution >= 0.6 is 0 Å². The molecule has 6 nitrogen and oxygen atoms in total.